The van der Waals surface area contributed by atoms with Crippen LogP contribution in [0.4, 0.5) is 0 Å². The maximum atomic E-state index is 3.85. The van der Waals surface area contributed by atoms with E-state index in [2.05, 4.69) is 81.8 Å². The molecule has 1 nitrogen and oxygen atoms in total. The fraction of sp³-hybridized carbons (Fsp3) is 1.00. The molecule has 134 valence electrons. The van der Waals surface area contributed by atoms with E-state index in [0.29, 0.717) is 0 Å². The quantitative estimate of drug-likeness (QED) is 0.517. The molecule has 0 spiro atoms. The summed E-state index contributed by atoms with van der Waals surface area (Å²) in [5.74, 6) is 5.50. The van der Waals surface area contributed by atoms with Crippen LogP contribution in [-0.4, -0.2) is 49.2 Å². The largest absolute Gasteiger partial charge is 0.304 e. The minimum absolute atomic E-state index is 0.801. The van der Waals surface area contributed by atoms with Crippen molar-refractivity contribution >= 4 is 76.5 Å². The van der Waals surface area contributed by atoms with Gasteiger partial charge in [0.15, 0.2) is 0 Å². The second-order valence-electron chi connectivity index (χ2n) is 7.96. The molecule has 0 amide bonds. The van der Waals surface area contributed by atoms with Crippen LogP contribution < -0.4 is 5.32 Å². The maximum absolute atomic E-state index is 3.85. The number of rotatable bonds is 1. The summed E-state index contributed by atoms with van der Waals surface area (Å²) in [7, 11) is 13.7. The molecule has 1 N–H and O–H groups in total. The van der Waals surface area contributed by atoms with Crippen LogP contribution in [-0.2, 0) is 0 Å². The lowest BCUT2D eigenvalue weighted by atomic mass is 9.75. The second-order valence-corrected chi connectivity index (χ2v) is 17.1. The van der Waals surface area contributed by atoms with Crippen LogP contribution in [0.2, 0.25) is 0 Å². The van der Waals surface area contributed by atoms with Crippen LogP contribution in [0.3, 0.4) is 0 Å². The summed E-state index contributed by atoms with van der Waals surface area (Å²) >= 11 is 2.13. The van der Waals surface area contributed by atoms with Crippen molar-refractivity contribution in [3.63, 3.8) is 0 Å². The van der Waals surface area contributed by atoms with Crippen LogP contribution in [0.5, 0.6) is 0 Å². The Kier molecular flexibility index (Phi) is 5.06. The Morgan fingerprint density at radius 2 is 1.42 bits per heavy atom. The molecule has 6 fully saturated rings. The molecule has 6 aliphatic rings. The SMILES string of the molecule is C1NC(C2CC3SSC4C5CCC6SSC6C(C2)C4C3SS5)CS1. The van der Waals surface area contributed by atoms with Gasteiger partial charge in [-0.15, -0.1) is 11.8 Å². The first-order valence-electron chi connectivity index (χ1n) is 9.16. The molecule has 2 saturated carbocycles. The standard InChI is InChI=1S/C16H23NS7/c1-2-11-15-13-8(14-10(1)19-22-14)3-7(9-5-18-6-17-9)4-12(21-23-15)16(13)24-20-11/h7-17H,1-6H2. The van der Waals surface area contributed by atoms with Gasteiger partial charge in [0.05, 0.1) is 0 Å². The Bertz CT molecular complexity index is 501. The molecular weight excluding hydrogens is 431 g/mol. The molecule has 0 aromatic heterocycles. The zero-order chi connectivity index (χ0) is 15.7. The first-order valence-corrected chi connectivity index (χ1v) is 17.1. The Balaban J connectivity index is 1.38. The Morgan fingerprint density at radius 1 is 0.708 bits per heavy atom. The number of thioether (sulfide) groups is 1. The van der Waals surface area contributed by atoms with Crippen LogP contribution in [0.25, 0.3) is 0 Å². The Morgan fingerprint density at radius 3 is 2.17 bits per heavy atom. The number of hydrogen-bond donors (Lipinski definition) is 1. The van der Waals surface area contributed by atoms with E-state index in [1.165, 1.54) is 37.3 Å². The fourth-order valence-electron chi connectivity index (χ4n) is 5.57. The van der Waals surface area contributed by atoms with Gasteiger partial charge in [0, 0.05) is 49.2 Å². The third-order valence-corrected chi connectivity index (χ3v) is 18.8. The summed E-state index contributed by atoms with van der Waals surface area (Å²) in [4.78, 5) is 0. The fourth-order valence-corrected chi connectivity index (χ4v) is 19.2. The highest BCUT2D eigenvalue weighted by Crippen LogP contribution is 2.69. The van der Waals surface area contributed by atoms with Crippen molar-refractivity contribution < 1.29 is 0 Å². The molecule has 6 rings (SSSR count). The van der Waals surface area contributed by atoms with E-state index in [4.69, 9.17) is 0 Å². The smallest absolute Gasteiger partial charge is 0.0420 e. The maximum Gasteiger partial charge on any atom is 0.0420 e. The second kappa shape index (κ2) is 7.03. The van der Waals surface area contributed by atoms with Crippen molar-refractivity contribution in [3.05, 3.63) is 0 Å². The van der Waals surface area contributed by atoms with Crippen molar-refractivity contribution in [2.24, 2.45) is 17.8 Å². The lowest BCUT2D eigenvalue weighted by Crippen LogP contribution is -2.54. The van der Waals surface area contributed by atoms with Crippen LogP contribution in [0.1, 0.15) is 25.7 Å². The minimum atomic E-state index is 0.801. The summed E-state index contributed by atoms with van der Waals surface area (Å²) in [6.45, 7) is 0. The van der Waals surface area contributed by atoms with Crippen LogP contribution >= 0.6 is 76.5 Å². The van der Waals surface area contributed by atoms with Gasteiger partial charge in [-0.25, -0.2) is 0 Å². The minimum Gasteiger partial charge on any atom is -0.304 e. The molecule has 4 saturated heterocycles. The van der Waals surface area contributed by atoms with Crippen molar-refractivity contribution in [2.75, 3.05) is 11.6 Å². The van der Waals surface area contributed by atoms with Crippen molar-refractivity contribution in [2.45, 2.75) is 63.2 Å². The zero-order valence-electron chi connectivity index (χ0n) is 13.4. The van der Waals surface area contributed by atoms with E-state index in [1.807, 2.05) is 0 Å². The highest BCUT2D eigenvalue weighted by atomic mass is 33.1. The van der Waals surface area contributed by atoms with Gasteiger partial charge in [-0.05, 0) is 43.4 Å². The van der Waals surface area contributed by atoms with E-state index < -0.39 is 0 Å². The van der Waals surface area contributed by atoms with Crippen molar-refractivity contribution in [1.82, 2.24) is 5.32 Å². The molecule has 5 bridgehead atoms. The van der Waals surface area contributed by atoms with Crippen LogP contribution in [0, 0.1) is 17.8 Å². The van der Waals surface area contributed by atoms with Gasteiger partial charge in [-0.3, -0.25) is 0 Å². The Hall–Kier alpha value is 2.41. The summed E-state index contributed by atoms with van der Waals surface area (Å²) in [6, 6.07) is 0.801. The zero-order valence-corrected chi connectivity index (χ0v) is 19.1. The molecule has 0 radical (unpaired) electrons. The van der Waals surface area contributed by atoms with E-state index in [1.54, 1.807) is 0 Å². The van der Waals surface area contributed by atoms with Gasteiger partial charge in [-0.2, -0.15) is 0 Å². The first kappa shape index (κ1) is 17.3. The van der Waals surface area contributed by atoms with E-state index >= 15 is 0 Å². The number of fused-ring (bicyclic) bond motifs is 2. The van der Waals surface area contributed by atoms with Crippen molar-refractivity contribution in [3.8, 4) is 0 Å². The van der Waals surface area contributed by atoms with Gasteiger partial charge in [0.1, 0.15) is 0 Å². The van der Waals surface area contributed by atoms with Crippen molar-refractivity contribution in [1.29, 1.82) is 0 Å². The third kappa shape index (κ3) is 2.78. The van der Waals surface area contributed by atoms with Crippen LogP contribution in [0.15, 0.2) is 0 Å². The molecule has 24 heavy (non-hydrogen) atoms. The molecule has 10 unspecified atom stereocenters. The van der Waals surface area contributed by atoms with Gasteiger partial charge in [0.2, 0.25) is 0 Å². The van der Waals surface area contributed by atoms with Gasteiger partial charge < -0.3 is 5.32 Å². The van der Waals surface area contributed by atoms with E-state index in [0.717, 1.165) is 55.3 Å². The highest BCUT2D eigenvalue weighted by Gasteiger charge is 2.59. The predicted octanol–water partition coefficient (Wildman–Crippen LogP) is 5.48. The summed E-state index contributed by atoms with van der Waals surface area (Å²) in [6.07, 6.45) is 5.98. The average molecular weight is 454 g/mol. The average Bonchev–Trinajstić information content (AvgIpc) is 3.06. The lowest BCUT2D eigenvalue weighted by molar-refractivity contribution is 0.239. The molecule has 2 aliphatic carbocycles. The summed E-state index contributed by atoms with van der Waals surface area (Å²) in [5.41, 5.74) is 0. The van der Waals surface area contributed by atoms with Gasteiger partial charge in [0.25, 0.3) is 0 Å². The first-order chi connectivity index (χ1) is 11.9. The molecule has 4 heterocycles. The molecule has 8 heteroatoms. The normalized spacial score (nSPS) is 59.0. The number of hydrogen-bond acceptors (Lipinski definition) is 8. The lowest BCUT2D eigenvalue weighted by Gasteiger charge is -2.55. The van der Waals surface area contributed by atoms with E-state index in [9.17, 15) is 0 Å². The van der Waals surface area contributed by atoms with E-state index in [-0.39, 0.29) is 0 Å². The van der Waals surface area contributed by atoms with Gasteiger partial charge in [-0.1, -0.05) is 64.8 Å². The number of nitrogens with one attached hydrogen (secondary N) is 1. The van der Waals surface area contributed by atoms with Gasteiger partial charge >= 0.3 is 0 Å². The third-order valence-electron chi connectivity index (χ3n) is 6.80. The molecular formula is C16H23NS7. The topological polar surface area (TPSA) is 12.0 Å². The predicted molar refractivity (Wildman–Crippen MR) is 121 cm³/mol. The summed E-state index contributed by atoms with van der Waals surface area (Å²) in [5, 5.41) is 9.54. The molecule has 4 aliphatic heterocycles. The summed E-state index contributed by atoms with van der Waals surface area (Å²) < 4.78 is 0. The Labute approximate surface area is 173 Å². The molecule has 0 aromatic carbocycles. The molecule has 0 aromatic rings. The highest BCUT2D eigenvalue weighted by molar-refractivity contribution is 8.81. The molecule has 10 atom stereocenters. The monoisotopic (exact) mass is 453 g/mol.